The van der Waals surface area contributed by atoms with Crippen molar-refractivity contribution in [2.24, 2.45) is 26.8 Å². The molecule has 1 saturated carbocycles. The van der Waals surface area contributed by atoms with Crippen LogP contribution in [0.3, 0.4) is 0 Å². The highest BCUT2D eigenvalue weighted by Crippen LogP contribution is 2.36. The number of rotatable bonds is 5. The van der Waals surface area contributed by atoms with Gasteiger partial charge in [0.2, 0.25) is 0 Å². The van der Waals surface area contributed by atoms with Crippen molar-refractivity contribution < 1.29 is 9.47 Å². The van der Waals surface area contributed by atoms with E-state index in [1.165, 1.54) is 5.71 Å². The number of ether oxygens (including phenoxy) is 2. The van der Waals surface area contributed by atoms with Gasteiger partial charge in [0.25, 0.3) is 0 Å². The minimum absolute atomic E-state index is 0.0851. The predicted molar refractivity (Wildman–Crippen MR) is 132 cm³/mol. The van der Waals surface area contributed by atoms with Gasteiger partial charge in [-0.2, -0.15) is 0 Å². The van der Waals surface area contributed by atoms with Crippen molar-refractivity contribution in [2.45, 2.75) is 63.3 Å². The number of methoxy groups -OCH3 is 2. The Hall–Kier alpha value is -2.32. The van der Waals surface area contributed by atoms with Gasteiger partial charge in [0.15, 0.2) is 11.7 Å². The fourth-order valence-electron chi connectivity index (χ4n) is 5.81. The molecule has 33 heavy (non-hydrogen) atoms. The van der Waals surface area contributed by atoms with Gasteiger partial charge in [-0.05, 0) is 43.8 Å². The zero-order valence-corrected chi connectivity index (χ0v) is 20.0. The molecule has 0 spiro atoms. The van der Waals surface area contributed by atoms with Gasteiger partial charge in [0, 0.05) is 56.8 Å². The van der Waals surface area contributed by atoms with E-state index in [4.69, 9.17) is 29.9 Å². The minimum Gasteiger partial charge on any atom is -0.374 e. The van der Waals surface area contributed by atoms with Gasteiger partial charge >= 0.3 is 0 Å². The molecule has 6 atom stereocenters. The van der Waals surface area contributed by atoms with Crippen molar-refractivity contribution in [3.63, 3.8) is 0 Å². The maximum Gasteiger partial charge on any atom is 0.169 e. The van der Waals surface area contributed by atoms with Crippen molar-refractivity contribution in [1.82, 2.24) is 10.2 Å². The molecule has 178 valence electrons. The molecule has 2 N–H and O–H groups in total. The second kappa shape index (κ2) is 9.50. The van der Waals surface area contributed by atoms with Crippen LogP contribution >= 0.6 is 0 Å². The summed E-state index contributed by atoms with van der Waals surface area (Å²) in [5, 5.41) is 12.2. The third-order valence-electron chi connectivity index (χ3n) is 7.74. The molecule has 6 unspecified atom stereocenters. The number of nitrogens with one attached hydrogen (secondary N) is 2. The maximum absolute atomic E-state index is 8.65. The molecule has 0 bridgehead atoms. The Balaban J connectivity index is 1.34. The lowest BCUT2D eigenvalue weighted by atomic mass is 9.72. The molecular weight excluding hydrogens is 416 g/mol. The second-order valence-corrected chi connectivity index (χ2v) is 9.70. The van der Waals surface area contributed by atoms with Crippen LogP contribution in [0, 0.1) is 17.2 Å². The first-order valence-corrected chi connectivity index (χ1v) is 12.3. The first kappa shape index (κ1) is 22.5. The maximum atomic E-state index is 8.65. The Morgan fingerprint density at radius 1 is 1.21 bits per heavy atom. The Bertz CT molecular complexity index is 935. The van der Waals surface area contributed by atoms with E-state index in [9.17, 15) is 0 Å². The highest BCUT2D eigenvalue weighted by molar-refractivity contribution is 6.41. The average Bonchev–Trinajstić information content (AvgIpc) is 3.32. The summed E-state index contributed by atoms with van der Waals surface area (Å²) in [6.07, 6.45) is 10.8. The van der Waals surface area contributed by atoms with Gasteiger partial charge in [0.1, 0.15) is 12.2 Å². The first-order chi connectivity index (χ1) is 16.1. The van der Waals surface area contributed by atoms with Crippen LogP contribution in [0.25, 0.3) is 0 Å². The predicted octanol–water partition coefficient (Wildman–Crippen LogP) is 2.61. The molecule has 8 heteroatoms. The molecular formula is C25H36N6O2. The lowest BCUT2D eigenvalue weighted by Gasteiger charge is -2.40. The number of hydrogen-bond acceptors (Lipinski definition) is 8. The quantitative estimate of drug-likeness (QED) is 0.670. The summed E-state index contributed by atoms with van der Waals surface area (Å²) in [5.41, 5.74) is 3.11. The second-order valence-electron chi connectivity index (χ2n) is 9.70. The van der Waals surface area contributed by atoms with Gasteiger partial charge in [-0.15, -0.1) is 0 Å². The molecule has 5 aliphatic rings. The van der Waals surface area contributed by atoms with Crippen LogP contribution in [0.5, 0.6) is 0 Å². The van der Waals surface area contributed by atoms with E-state index in [1.54, 1.807) is 14.2 Å². The summed E-state index contributed by atoms with van der Waals surface area (Å²) in [5.74, 6) is 2.52. The smallest absolute Gasteiger partial charge is 0.169 e. The molecule has 0 radical (unpaired) electrons. The van der Waals surface area contributed by atoms with E-state index >= 15 is 0 Å². The molecule has 2 aliphatic carbocycles. The number of allylic oxidation sites excluding steroid dienone is 1. The molecule has 0 saturated heterocycles. The summed E-state index contributed by atoms with van der Waals surface area (Å²) in [7, 11) is 3.40. The molecule has 0 aromatic carbocycles. The van der Waals surface area contributed by atoms with Crippen LogP contribution in [-0.2, 0) is 9.47 Å². The highest BCUT2D eigenvalue weighted by Gasteiger charge is 2.40. The van der Waals surface area contributed by atoms with Crippen LogP contribution < -0.4 is 5.32 Å². The number of nitrogens with zero attached hydrogens (tertiary/aromatic N) is 4. The van der Waals surface area contributed by atoms with E-state index in [-0.39, 0.29) is 24.2 Å². The Labute approximate surface area is 196 Å². The van der Waals surface area contributed by atoms with E-state index in [0.717, 1.165) is 74.8 Å². The van der Waals surface area contributed by atoms with E-state index in [0.29, 0.717) is 12.0 Å². The van der Waals surface area contributed by atoms with Crippen molar-refractivity contribution in [3.05, 3.63) is 23.9 Å². The first-order valence-electron chi connectivity index (χ1n) is 12.3. The SMILES string of the molecule is CCC1CC(=N)C2CC(C3CN4CCN=C4C(NC4=CC(OC)C(OC)C=C4)=N3)CCC2=N1. The van der Waals surface area contributed by atoms with Crippen LogP contribution in [0.2, 0.25) is 0 Å². The van der Waals surface area contributed by atoms with Crippen LogP contribution in [0.1, 0.15) is 39.0 Å². The van der Waals surface area contributed by atoms with Crippen LogP contribution in [0.4, 0.5) is 0 Å². The van der Waals surface area contributed by atoms with E-state index < -0.39 is 0 Å². The third kappa shape index (κ3) is 4.43. The van der Waals surface area contributed by atoms with Gasteiger partial charge in [-0.1, -0.05) is 13.0 Å². The standard InChI is InChI=1S/C25H36N6O2/c1-4-16-12-19(26)18-11-15(5-7-20(18)28-16)21-14-31-10-9-27-25(31)24(30-21)29-17-6-8-22(32-2)23(13-17)33-3/h6,8,13,15-16,18,21-23,26H,4-5,7,9-12,14H2,1-3H3,(H,29,30). The summed E-state index contributed by atoms with van der Waals surface area (Å²) in [6, 6.07) is 0.526. The zero-order chi connectivity index (χ0) is 22.9. The monoisotopic (exact) mass is 452 g/mol. The average molecular weight is 453 g/mol. The Kier molecular flexibility index (Phi) is 6.47. The van der Waals surface area contributed by atoms with Gasteiger partial charge < -0.3 is 25.1 Å². The van der Waals surface area contributed by atoms with Crippen molar-refractivity contribution in [2.75, 3.05) is 33.9 Å². The number of fused-ring (bicyclic) bond motifs is 2. The molecule has 0 aromatic heterocycles. The minimum atomic E-state index is -0.135. The number of aliphatic imine (C=N–C) groups is 3. The van der Waals surface area contributed by atoms with Crippen molar-refractivity contribution in [3.8, 4) is 0 Å². The number of hydrogen-bond donors (Lipinski definition) is 2. The molecule has 8 nitrogen and oxygen atoms in total. The van der Waals surface area contributed by atoms with Crippen molar-refractivity contribution in [1.29, 1.82) is 5.41 Å². The number of amidine groups is 2. The third-order valence-corrected chi connectivity index (χ3v) is 7.74. The molecule has 0 aromatic rings. The largest absolute Gasteiger partial charge is 0.374 e. The van der Waals surface area contributed by atoms with Gasteiger partial charge in [-0.3, -0.25) is 15.0 Å². The summed E-state index contributed by atoms with van der Waals surface area (Å²) < 4.78 is 11.1. The summed E-state index contributed by atoms with van der Waals surface area (Å²) in [6.45, 7) is 4.86. The molecule has 1 fully saturated rings. The van der Waals surface area contributed by atoms with Crippen LogP contribution in [-0.4, -0.2) is 86.1 Å². The topological polar surface area (TPSA) is 94.7 Å². The molecule has 3 aliphatic heterocycles. The van der Waals surface area contributed by atoms with Gasteiger partial charge in [-0.25, -0.2) is 0 Å². The van der Waals surface area contributed by atoms with E-state index in [1.807, 2.05) is 12.2 Å². The fraction of sp³-hybridized carbons (Fsp3) is 0.680. The fourth-order valence-corrected chi connectivity index (χ4v) is 5.81. The Morgan fingerprint density at radius 2 is 2.06 bits per heavy atom. The zero-order valence-electron chi connectivity index (χ0n) is 20.0. The normalized spacial score (nSPS) is 35.8. The van der Waals surface area contributed by atoms with E-state index in [2.05, 4.69) is 23.2 Å². The Morgan fingerprint density at radius 3 is 2.85 bits per heavy atom. The van der Waals surface area contributed by atoms with Crippen molar-refractivity contribution >= 4 is 23.1 Å². The van der Waals surface area contributed by atoms with Crippen LogP contribution in [0.15, 0.2) is 38.9 Å². The molecule has 5 rings (SSSR count). The highest BCUT2D eigenvalue weighted by atomic mass is 16.5. The lowest BCUT2D eigenvalue weighted by Crippen LogP contribution is -2.51. The molecule has 3 heterocycles. The summed E-state index contributed by atoms with van der Waals surface area (Å²) >= 11 is 0. The van der Waals surface area contributed by atoms with Gasteiger partial charge in [0.05, 0.1) is 18.6 Å². The summed E-state index contributed by atoms with van der Waals surface area (Å²) in [4.78, 5) is 17.3. The molecule has 0 amide bonds. The lowest BCUT2D eigenvalue weighted by molar-refractivity contribution is 0.0133.